The molecule has 3 rings (SSSR count). The Bertz CT molecular complexity index is 1030. The highest BCUT2D eigenvalue weighted by Crippen LogP contribution is 2.22. The number of unbranched alkanes of at least 4 members (excludes halogenated alkanes) is 8. The van der Waals surface area contributed by atoms with Gasteiger partial charge >= 0.3 is 5.97 Å². The Kier molecular flexibility index (Phi) is 12.9. The molecule has 0 N–H and O–H groups in total. The highest BCUT2D eigenvalue weighted by Gasteiger charge is 2.09. The van der Waals surface area contributed by atoms with Crippen molar-refractivity contribution in [3.05, 3.63) is 83.6 Å². The number of esters is 1. The van der Waals surface area contributed by atoms with Crippen molar-refractivity contribution >= 4 is 5.97 Å². The number of ether oxygens (including phenoxy) is 2. The zero-order chi connectivity index (χ0) is 26.1. The molecule has 37 heavy (non-hydrogen) atoms. The summed E-state index contributed by atoms with van der Waals surface area (Å²) in [6, 6.07) is 19.3. The number of rotatable bonds is 17. The Morgan fingerprint density at radius 2 is 1.35 bits per heavy atom. The predicted molar refractivity (Wildman–Crippen MR) is 152 cm³/mol. The molecule has 0 aliphatic carbocycles. The Hall–Kier alpha value is -2.98. The molecule has 0 saturated carbocycles. The third-order valence-electron chi connectivity index (χ3n) is 6.60. The third-order valence-corrected chi connectivity index (χ3v) is 6.60. The van der Waals surface area contributed by atoms with Gasteiger partial charge in [-0.25, -0.2) is 4.79 Å². The molecule has 0 spiro atoms. The lowest BCUT2D eigenvalue weighted by Crippen LogP contribution is -2.08. The molecule has 0 aliphatic rings. The lowest BCUT2D eigenvalue weighted by Gasteiger charge is -2.08. The molecule has 0 atom stereocenters. The molecule has 0 unspecified atom stereocenters. The van der Waals surface area contributed by atoms with Crippen LogP contribution in [0.2, 0.25) is 0 Å². The number of pyridine rings is 1. The van der Waals surface area contributed by atoms with E-state index < -0.39 is 0 Å². The van der Waals surface area contributed by atoms with Crippen molar-refractivity contribution in [3.8, 4) is 17.0 Å². The lowest BCUT2D eigenvalue weighted by atomic mass is 10.0. The van der Waals surface area contributed by atoms with E-state index in [-0.39, 0.29) is 5.97 Å². The second-order valence-corrected chi connectivity index (χ2v) is 9.79. The van der Waals surface area contributed by atoms with E-state index in [4.69, 9.17) is 9.47 Å². The summed E-state index contributed by atoms with van der Waals surface area (Å²) in [5.41, 5.74) is 4.77. The summed E-state index contributed by atoms with van der Waals surface area (Å²) in [6.45, 7) is 5.86. The minimum atomic E-state index is -0.338. The number of benzene rings is 2. The number of aryl methyl sites for hydroxylation is 1. The van der Waals surface area contributed by atoms with Crippen LogP contribution in [-0.4, -0.2) is 17.6 Å². The number of carbonyl (C=O) groups is 1. The molecular formula is C33H43NO3. The molecule has 1 heterocycles. The first-order chi connectivity index (χ1) is 18.2. The standard InChI is InChI=1S/C33H43NO3/c1-3-5-7-9-11-13-27-14-17-30(18-15-27)33(35)37-31-21-19-29(20-22-31)32-23-16-28(25-34-32)26-36-24-12-10-8-6-4-2/h14-23,25H,3-13,24,26H2,1-2H3. The summed E-state index contributed by atoms with van der Waals surface area (Å²) in [4.78, 5) is 17.2. The molecule has 0 fully saturated rings. The average Bonchev–Trinajstić information content (AvgIpc) is 2.93. The smallest absolute Gasteiger partial charge is 0.343 e. The predicted octanol–water partition coefficient (Wildman–Crippen LogP) is 8.97. The van der Waals surface area contributed by atoms with Gasteiger partial charge in [-0.15, -0.1) is 0 Å². The van der Waals surface area contributed by atoms with Crippen LogP contribution in [0.15, 0.2) is 66.9 Å². The maximum absolute atomic E-state index is 12.6. The van der Waals surface area contributed by atoms with E-state index in [9.17, 15) is 4.79 Å². The van der Waals surface area contributed by atoms with E-state index in [1.807, 2.05) is 60.8 Å². The Morgan fingerprint density at radius 1 is 0.703 bits per heavy atom. The van der Waals surface area contributed by atoms with Gasteiger partial charge in [-0.2, -0.15) is 0 Å². The van der Waals surface area contributed by atoms with E-state index in [1.54, 1.807) is 0 Å². The monoisotopic (exact) mass is 501 g/mol. The maximum Gasteiger partial charge on any atom is 0.343 e. The fourth-order valence-corrected chi connectivity index (χ4v) is 4.28. The first-order valence-electron chi connectivity index (χ1n) is 14.1. The Balaban J connectivity index is 1.42. The fraction of sp³-hybridized carbons (Fsp3) is 0.455. The molecule has 0 bridgehead atoms. The largest absolute Gasteiger partial charge is 0.423 e. The quantitative estimate of drug-likeness (QED) is 0.105. The van der Waals surface area contributed by atoms with Crippen molar-refractivity contribution in [2.75, 3.05) is 6.61 Å². The van der Waals surface area contributed by atoms with Crippen molar-refractivity contribution in [2.24, 2.45) is 0 Å². The number of aromatic nitrogens is 1. The van der Waals surface area contributed by atoms with E-state index in [1.165, 1.54) is 63.4 Å². The van der Waals surface area contributed by atoms with Gasteiger partial charge in [0.25, 0.3) is 0 Å². The minimum absolute atomic E-state index is 0.338. The normalized spacial score (nSPS) is 11.0. The van der Waals surface area contributed by atoms with Gasteiger partial charge < -0.3 is 9.47 Å². The van der Waals surface area contributed by atoms with Gasteiger partial charge in [0.2, 0.25) is 0 Å². The summed E-state index contributed by atoms with van der Waals surface area (Å²) in [5.74, 6) is 0.188. The summed E-state index contributed by atoms with van der Waals surface area (Å²) in [7, 11) is 0. The minimum Gasteiger partial charge on any atom is -0.423 e. The van der Waals surface area contributed by atoms with E-state index in [0.717, 1.165) is 36.3 Å². The van der Waals surface area contributed by atoms with Gasteiger partial charge in [0.05, 0.1) is 17.9 Å². The lowest BCUT2D eigenvalue weighted by molar-refractivity contribution is 0.0734. The van der Waals surface area contributed by atoms with Gasteiger partial charge in [0.15, 0.2) is 0 Å². The van der Waals surface area contributed by atoms with Crippen LogP contribution in [-0.2, 0) is 17.8 Å². The maximum atomic E-state index is 12.6. The zero-order valence-electron chi connectivity index (χ0n) is 22.7. The average molecular weight is 502 g/mol. The highest BCUT2D eigenvalue weighted by molar-refractivity contribution is 5.91. The van der Waals surface area contributed by atoms with Crippen molar-refractivity contribution in [1.82, 2.24) is 4.98 Å². The highest BCUT2D eigenvalue weighted by atomic mass is 16.5. The summed E-state index contributed by atoms with van der Waals surface area (Å²) in [5, 5.41) is 0. The Labute approximate surface area is 223 Å². The Morgan fingerprint density at radius 3 is 2.00 bits per heavy atom. The van der Waals surface area contributed by atoms with Gasteiger partial charge in [-0.05, 0) is 72.9 Å². The van der Waals surface area contributed by atoms with Crippen LogP contribution < -0.4 is 4.74 Å². The molecule has 0 saturated heterocycles. The molecule has 2 aromatic carbocycles. The number of nitrogens with zero attached hydrogens (tertiary/aromatic N) is 1. The van der Waals surface area contributed by atoms with E-state index >= 15 is 0 Å². The van der Waals surface area contributed by atoms with Crippen molar-refractivity contribution in [1.29, 1.82) is 0 Å². The SMILES string of the molecule is CCCCCCCOCc1ccc(-c2ccc(OC(=O)c3ccc(CCCCCCC)cc3)cc2)nc1. The second-order valence-electron chi connectivity index (χ2n) is 9.79. The molecule has 3 aromatic rings. The van der Waals surface area contributed by atoms with Crippen LogP contribution in [0.1, 0.15) is 99.5 Å². The van der Waals surface area contributed by atoms with Crippen molar-refractivity contribution in [2.45, 2.75) is 91.1 Å². The first-order valence-corrected chi connectivity index (χ1v) is 14.1. The van der Waals surface area contributed by atoms with Crippen molar-refractivity contribution in [3.63, 3.8) is 0 Å². The van der Waals surface area contributed by atoms with Crippen LogP contribution in [0, 0.1) is 0 Å². The molecule has 198 valence electrons. The summed E-state index contributed by atoms with van der Waals surface area (Å²) < 4.78 is 11.4. The van der Waals surface area contributed by atoms with Crippen LogP contribution in [0.4, 0.5) is 0 Å². The van der Waals surface area contributed by atoms with Gasteiger partial charge in [0, 0.05) is 18.4 Å². The van der Waals surface area contributed by atoms with Crippen molar-refractivity contribution < 1.29 is 14.3 Å². The molecule has 0 radical (unpaired) electrons. The molecular weight excluding hydrogens is 458 g/mol. The topological polar surface area (TPSA) is 48.4 Å². The van der Waals surface area contributed by atoms with Gasteiger partial charge in [-0.3, -0.25) is 4.98 Å². The number of hydrogen-bond acceptors (Lipinski definition) is 4. The van der Waals surface area contributed by atoms with Crippen LogP contribution in [0.25, 0.3) is 11.3 Å². The van der Waals surface area contributed by atoms with Gasteiger partial charge in [-0.1, -0.05) is 83.4 Å². The summed E-state index contributed by atoms with van der Waals surface area (Å²) in [6.07, 6.45) is 15.5. The molecule has 0 amide bonds. The van der Waals surface area contributed by atoms with Gasteiger partial charge in [0.1, 0.15) is 5.75 Å². The third kappa shape index (κ3) is 10.5. The first kappa shape index (κ1) is 28.6. The van der Waals surface area contributed by atoms with Crippen LogP contribution >= 0.6 is 0 Å². The molecule has 1 aromatic heterocycles. The molecule has 4 nitrogen and oxygen atoms in total. The summed E-state index contributed by atoms with van der Waals surface area (Å²) >= 11 is 0. The van der Waals surface area contributed by atoms with E-state index in [2.05, 4.69) is 24.9 Å². The molecule has 0 aliphatic heterocycles. The zero-order valence-corrected chi connectivity index (χ0v) is 22.7. The van der Waals surface area contributed by atoms with E-state index in [0.29, 0.717) is 17.9 Å². The molecule has 4 heteroatoms. The fourth-order valence-electron chi connectivity index (χ4n) is 4.28. The number of hydrogen-bond donors (Lipinski definition) is 0. The number of carbonyl (C=O) groups excluding carboxylic acids is 1. The van der Waals surface area contributed by atoms with Crippen LogP contribution in [0.5, 0.6) is 5.75 Å². The second kappa shape index (κ2) is 16.7. The van der Waals surface area contributed by atoms with Crippen LogP contribution in [0.3, 0.4) is 0 Å².